The number of imidazole rings is 1. The van der Waals surface area contributed by atoms with Crippen molar-refractivity contribution in [3.05, 3.63) is 35.0 Å². The van der Waals surface area contributed by atoms with Crippen molar-refractivity contribution in [3.8, 4) is 0 Å². The highest BCUT2D eigenvalue weighted by Crippen LogP contribution is 2.37. The van der Waals surface area contributed by atoms with Crippen molar-refractivity contribution in [2.45, 2.75) is 64.5 Å². The first-order valence-electron chi connectivity index (χ1n) is 12.5. The van der Waals surface area contributed by atoms with Gasteiger partial charge in [-0.2, -0.15) is 4.98 Å². The van der Waals surface area contributed by atoms with Crippen LogP contribution in [-0.2, 0) is 4.79 Å². The summed E-state index contributed by atoms with van der Waals surface area (Å²) < 4.78 is 31.2. The minimum Gasteiger partial charge on any atom is -0.350 e. The third-order valence-corrected chi connectivity index (χ3v) is 7.45. The molecule has 1 saturated carbocycles. The molecule has 1 amide bonds. The van der Waals surface area contributed by atoms with Gasteiger partial charge < -0.3 is 15.5 Å². The molecule has 0 unspecified atom stereocenters. The molecule has 0 radical (unpaired) electrons. The van der Waals surface area contributed by atoms with Crippen molar-refractivity contribution < 1.29 is 13.6 Å². The summed E-state index contributed by atoms with van der Waals surface area (Å²) in [6.07, 6.45) is 7.36. The summed E-state index contributed by atoms with van der Waals surface area (Å²) in [5.41, 5.74) is 0.826. The van der Waals surface area contributed by atoms with E-state index in [1.807, 2.05) is 9.47 Å². The van der Waals surface area contributed by atoms with Gasteiger partial charge in [0, 0.05) is 37.1 Å². The Kier molecular flexibility index (Phi) is 6.96. The molecule has 192 valence electrons. The Hall–Kier alpha value is -3.01. The summed E-state index contributed by atoms with van der Waals surface area (Å²) in [6.45, 7) is 5.17. The van der Waals surface area contributed by atoms with E-state index in [0.717, 1.165) is 57.2 Å². The average molecular weight is 518 g/mol. The van der Waals surface area contributed by atoms with Gasteiger partial charge in [0.25, 0.3) is 0 Å². The van der Waals surface area contributed by atoms with Crippen LogP contribution in [0, 0.1) is 17.6 Å². The van der Waals surface area contributed by atoms with Crippen molar-refractivity contribution in [1.82, 2.24) is 24.4 Å². The number of nitrogens with zero attached hydrogens (tertiary/aromatic N) is 5. The highest BCUT2D eigenvalue weighted by Gasteiger charge is 2.27. The number of nitrogens with one attached hydrogen (secondary N) is 2. The van der Waals surface area contributed by atoms with E-state index in [1.165, 1.54) is 0 Å². The first-order chi connectivity index (χ1) is 17.3. The van der Waals surface area contributed by atoms with Crippen molar-refractivity contribution in [1.29, 1.82) is 0 Å². The van der Waals surface area contributed by atoms with Crippen LogP contribution in [0.4, 0.5) is 26.4 Å². The molecule has 1 saturated heterocycles. The van der Waals surface area contributed by atoms with E-state index >= 15 is 0 Å². The predicted octanol–water partition coefficient (Wildman–Crippen LogP) is 5.68. The standard InChI is InChI=1S/C25H30ClF2N7O/c1-14-5-7-18(8-6-14)35-23-21(31-25(35)32-22-19(27)10-16(26)11-20(22)28)12-29-24(33-23)30-17-4-3-9-34(13-17)15(2)36/h10-12,14,17-18H,3-9,13H2,1-2H3,(H,31,32)(H,29,30,33)/t14?,17-,18?/m1/s1. The Morgan fingerprint density at radius 3 is 2.53 bits per heavy atom. The fraction of sp³-hybridized carbons (Fsp3) is 0.520. The minimum atomic E-state index is -0.795. The molecule has 5 rings (SSSR count). The lowest BCUT2D eigenvalue weighted by atomic mass is 9.87. The summed E-state index contributed by atoms with van der Waals surface area (Å²) in [5.74, 6) is -0.149. The molecular weight excluding hydrogens is 488 g/mol. The van der Waals surface area contributed by atoms with Gasteiger partial charge in [-0.25, -0.2) is 18.7 Å². The molecule has 3 aromatic rings. The lowest BCUT2D eigenvalue weighted by Crippen LogP contribution is -2.44. The molecule has 1 atom stereocenters. The molecule has 2 N–H and O–H groups in total. The number of anilines is 3. The van der Waals surface area contributed by atoms with Gasteiger partial charge in [-0.05, 0) is 56.6 Å². The average Bonchev–Trinajstić information content (AvgIpc) is 3.19. The fourth-order valence-corrected chi connectivity index (χ4v) is 5.42. The molecule has 3 heterocycles. The smallest absolute Gasteiger partial charge is 0.225 e. The van der Waals surface area contributed by atoms with Gasteiger partial charge in [0.2, 0.25) is 17.8 Å². The van der Waals surface area contributed by atoms with Gasteiger partial charge in [0.15, 0.2) is 17.3 Å². The topological polar surface area (TPSA) is 88.0 Å². The van der Waals surface area contributed by atoms with Crippen LogP contribution in [0.15, 0.2) is 18.3 Å². The molecule has 2 fully saturated rings. The minimum absolute atomic E-state index is 0.0158. The van der Waals surface area contributed by atoms with Crippen molar-refractivity contribution in [2.24, 2.45) is 5.92 Å². The molecule has 1 aromatic carbocycles. The fourth-order valence-electron chi connectivity index (χ4n) is 5.23. The first-order valence-corrected chi connectivity index (χ1v) is 12.8. The molecule has 0 spiro atoms. The molecule has 11 heteroatoms. The molecule has 2 aromatic heterocycles. The van der Waals surface area contributed by atoms with Crippen molar-refractivity contribution in [2.75, 3.05) is 23.7 Å². The second kappa shape index (κ2) is 10.2. The summed E-state index contributed by atoms with van der Waals surface area (Å²) in [5, 5.41) is 6.21. The van der Waals surface area contributed by atoms with E-state index < -0.39 is 11.6 Å². The highest BCUT2D eigenvalue weighted by atomic mass is 35.5. The quantitative estimate of drug-likeness (QED) is 0.453. The number of amides is 1. The largest absolute Gasteiger partial charge is 0.350 e. The normalized spacial score (nSPS) is 22.6. The first kappa shape index (κ1) is 24.7. The predicted molar refractivity (Wildman–Crippen MR) is 136 cm³/mol. The number of likely N-dealkylation sites (tertiary alicyclic amines) is 1. The van der Waals surface area contributed by atoms with E-state index in [0.29, 0.717) is 35.5 Å². The SMILES string of the molecule is CC(=O)N1CCC[C@@H](Nc2ncc3nc(Nc4c(F)cc(Cl)cc4F)n(C4CCC(C)CC4)c3n2)C1. The van der Waals surface area contributed by atoms with Gasteiger partial charge in [0.1, 0.15) is 11.2 Å². The zero-order chi connectivity index (χ0) is 25.4. The van der Waals surface area contributed by atoms with Crippen LogP contribution < -0.4 is 10.6 Å². The van der Waals surface area contributed by atoms with Crippen LogP contribution in [-0.4, -0.2) is 49.5 Å². The summed E-state index contributed by atoms with van der Waals surface area (Å²) in [7, 11) is 0. The number of halogens is 3. The molecule has 1 aliphatic carbocycles. The number of carbonyl (C=O) groups is 1. The molecule has 0 bridgehead atoms. The molecular formula is C25H30ClF2N7O. The Morgan fingerprint density at radius 2 is 1.83 bits per heavy atom. The second-order valence-electron chi connectivity index (χ2n) is 9.94. The van der Waals surface area contributed by atoms with Gasteiger partial charge in [-0.3, -0.25) is 9.36 Å². The van der Waals surface area contributed by atoms with Gasteiger partial charge in [-0.1, -0.05) is 18.5 Å². The maximum Gasteiger partial charge on any atom is 0.225 e. The summed E-state index contributed by atoms with van der Waals surface area (Å²) in [4.78, 5) is 27.5. The maximum atomic E-state index is 14.6. The van der Waals surface area contributed by atoms with Gasteiger partial charge in [-0.15, -0.1) is 0 Å². The van der Waals surface area contributed by atoms with Crippen LogP contribution >= 0.6 is 11.6 Å². The lowest BCUT2D eigenvalue weighted by molar-refractivity contribution is -0.129. The number of rotatable bonds is 5. The van der Waals surface area contributed by atoms with Crippen LogP contribution in [0.5, 0.6) is 0 Å². The van der Waals surface area contributed by atoms with Crippen LogP contribution in [0.2, 0.25) is 5.02 Å². The third-order valence-electron chi connectivity index (χ3n) is 7.23. The number of piperidine rings is 1. The van der Waals surface area contributed by atoms with Gasteiger partial charge >= 0.3 is 0 Å². The molecule has 1 aliphatic heterocycles. The molecule has 2 aliphatic rings. The van der Waals surface area contributed by atoms with Crippen molar-refractivity contribution >= 4 is 46.3 Å². The number of carbonyl (C=O) groups excluding carboxylic acids is 1. The number of hydrogen-bond acceptors (Lipinski definition) is 6. The Labute approximate surface area is 213 Å². The highest BCUT2D eigenvalue weighted by molar-refractivity contribution is 6.30. The molecule has 8 nitrogen and oxygen atoms in total. The van der Waals surface area contributed by atoms with E-state index in [9.17, 15) is 13.6 Å². The second-order valence-corrected chi connectivity index (χ2v) is 10.4. The third kappa shape index (κ3) is 5.09. The molecule has 36 heavy (non-hydrogen) atoms. The van der Waals surface area contributed by atoms with Crippen LogP contribution in [0.1, 0.15) is 58.4 Å². The van der Waals surface area contributed by atoms with E-state index in [2.05, 4.69) is 27.5 Å². The van der Waals surface area contributed by atoms with Crippen LogP contribution in [0.25, 0.3) is 11.2 Å². The van der Waals surface area contributed by atoms with Crippen LogP contribution in [0.3, 0.4) is 0 Å². The van der Waals surface area contributed by atoms with Crippen molar-refractivity contribution in [3.63, 3.8) is 0 Å². The maximum absolute atomic E-state index is 14.6. The summed E-state index contributed by atoms with van der Waals surface area (Å²) >= 11 is 5.80. The monoisotopic (exact) mass is 517 g/mol. The zero-order valence-corrected chi connectivity index (χ0v) is 21.2. The number of aromatic nitrogens is 4. The van der Waals surface area contributed by atoms with E-state index in [1.54, 1.807) is 13.1 Å². The lowest BCUT2D eigenvalue weighted by Gasteiger charge is -2.32. The Morgan fingerprint density at radius 1 is 1.11 bits per heavy atom. The number of fused-ring (bicyclic) bond motifs is 1. The summed E-state index contributed by atoms with van der Waals surface area (Å²) in [6, 6.07) is 2.26. The van der Waals surface area contributed by atoms with E-state index in [-0.39, 0.29) is 28.7 Å². The zero-order valence-electron chi connectivity index (χ0n) is 20.4. The van der Waals surface area contributed by atoms with E-state index in [4.69, 9.17) is 16.6 Å². The van der Waals surface area contributed by atoms with Gasteiger partial charge in [0.05, 0.1) is 6.20 Å². The number of benzene rings is 1. The Balaban J connectivity index is 1.50. The number of hydrogen-bond donors (Lipinski definition) is 2. The Bertz CT molecular complexity index is 1250.